The number of rotatable bonds is 8. The summed E-state index contributed by atoms with van der Waals surface area (Å²) in [5, 5.41) is 18.2. The van der Waals surface area contributed by atoms with E-state index in [9.17, 15) is 9.18 Å². The molecule has 0 amide bonds. The van der Waals surface area contributed by atoms with Gasteiger partial charge >= 0.3 is 5.97 Å². The topological polar surface area (TPSA) is 99.2 Å². The van der Waals surface area contributed by atoms with Gasteiger partial charge in [0.05, 0.1) is 5.83 Å². The van der Waals surface area contributed by atoms with Crippen molar-refractivity contribution < 1.29 is 14.3 Å². The fraction of sp³-hybridized carbons (Fsp3) is 0.600. The minimum atomic E-state index is -1.40. The SMILES string of the molecule is CC(N)(CCC(F)=CCNCC=N)C(=O)O. The Morgan fingerprint density at radius 3 is 2.75 bits per heavy atom. The van der Waals surface area contributed by atoms with Crippen molar-refractivity contribution in [2.24, 2.45) is 5.73 Å². The van der Waals surface area contributed by atoms with Crippen LogP contribution in [0.1, 0.15) is 19.8 Å². The third-order valence-corrected chi connectivity index (χ3v) is 2.09. The zero-order valence-corrected chi connectivity index (χ0v) is 9.29. The van der Waals surface area contributed by atoms with Crippen LogP contribution in [0.2, 0.25) is 0 Å². The molecule has 0 aliphatic heterocycles. The monoisotopic (exact) mass is 231 g/mol. The smallest absolute Gasteiger partial charge is 0.323 e. The molecule has 0 aliphatic rings. The summed E-state index contributed by atoms with van der Waals surface area (Å²) in [7, 11) is 0. The molecule has 0 saturated carbocycles. The first kappa shape index (κ1) is 14.7. The summed E-state index contributed by atoms with van der Waals surface area (Å²) >= 11 is 0. The standard InChI is InChI=1S/C10H18FN3O2/c1-10(13,9(15)16)4-2-8(11)3-6-14-7-5-12/h3,5,12,14H,2,4,6-7,13H2,1H3,(H,15,16). The van der Waals surface area contributed by atoms with Crippen molar-refractivity contribution in [3.8, 4) is 0 Å². The van der Waals surface area contributed by atoms with Crippen molar-refractivity contribution in [2.45, 2.75) is 25.3 Å². The van der Waals surface area contributed by atoms with E-state index in [4.69, 9.17) is 16.2 Å². The Labute approximate surface area is 94.0 Å². The van der Waals surface area contributed by atoms with E-state index in [1.54, 1.807) is 0 Å². The molecule has 0 heterocycles. The molecular formula is C10H18FN3O2. The highest BCUT2D eigenvalue weighted by molar-refractivity contribution is 5.77. The highest BCUT2D eigenvalue weighted by Gasteiger charge is 2.27. The summed E-state index contributed by atoms with van der Waals surface area (Å²) in [6, 6.07) is 0. The van der Waals surface area contributed by atoms with E-state index in [-0.39, 0.29) is 12.8 Å². The largest absolute Gasteiger partial charge is 0.480 e. The molecule has 5 N–H and O–H groups in total. The molecule has 5 nitrogen and oxygen atoms in total. The summed E-state index contributed by atoms with van der Waals surface area (Å²) in [6.45, 7) is 2.05. The van der Waals surface area contributed by atoms with E-state index in [1.165, 1.54) is 19.2 Å². The zero-order chi connectivity index (χ0) is 12.6. The van der Waals surface area contributed by atoms with Crippen molar-refractivity contribution in [2.75, 3.05) is 13.1 Å². The highest BCUT2D eigenvalue weighted by Crippen LogP contribution is 2.14. The Morgan fingerprint density at radius 2 is 2.25 bits per heavy atom. The second-order valence-electron chi connectivity index (χ2n) is 3.74. The molecule has 1 unspecified atom stereocenters. The third kappa shape index (κ3) is 6.26. The van der Waals surface area contributed by atoms with Crippen molar-refractivity contribution in [1.29, 1.82) is 5.41 Å². The first-order chi connectivity index (χ1) is 7.40. The van der Waals surface area contributed by atoms with Crippen LogP contribution in [0.3, 0.4) is 0 Å². The Morgan fingerprint density at radius 1 is 1.62 bits per heavy atom. The number of halogens is 1. The molecule has 6 heteroatoms. The Hall–Kier alpha value is -1.27. The van der Waals surface area contributed by atoms with Gasteiger partial charge in [-0.2, -0.15) is 0 Å². The number of nitrogens with one attached hydrogen (secondary N) is 2. The first-order valence-electron chi connectivity index (χ1n) is 4.96. The highest BCUT2D eigenvalue weighted by atomic mass is 19.1. The van der Waals surface area contributed by atoms with Crippen LogP contribution in [0, 0.1) is 5.41 Å². The fourth-order valence-electron chi connectivity index (χ4n) is 0.926. The molecule has 0 aromatic rings. The van der Waals surface area contributed by atoms with Crippen molar-refractivity contribution >= 4 is 12.2 Å². The fourth-order valence-corrected chi connectivity index (χ4v) is 0.926. The van der Waals surface area contributed by atoms with Gasteiger partial charge in [0, 0.05) is 25.7 Å². The van der Waals surface area contributed by atoms with Gasteiger partial charge in [0.15, 0.2) is 0 Å². The molecule has 16 heavy (non-hydrogen) atoms. The second kappa shape index (κ2) is 7.08. The Balaban J connectivity index is 3.92. The number of hydrogen-bond acceptors (Lipinski definition) is 4. The molecule has 92 valence electrons. The van der Waals surface area contributed by atoms with Gasteiger partial charge in [-0.15, -0.1) is 0 Å². The molecule has 0 saturated heterocycles. The van der Waals surface area contributed by atoms with Crippen LogP contribution in [-0.2, 0) is 4.79 Å². The lowest BCUT2D eigenvalue weighted by Crippen LogP contribution is -2.44. The van der Waals surface area contributed by atoms with E-state index in [0.29, 0.717) is 13.1 Å². The minimum Gasteiger partial charge on any atom is -0.480 e. The van der Waals surface area contributed by atoms with Crippen LogP contribution >= 0.6 is 0 Å². The quantitative estimate of drug-likeness (QED) is 0.364. The van der Waals surface area contributed by atoms with Gasteiger partial charge < -0.3 is 21.6 Å². The summed E-state index contributed by atoms with van der Waals surface area (Å²) in [6.07, 6.45) is 2.55. The third-order valence-electron chi connectivity index (χ3n) is 2.09. The molecule has 0 rings (SSSR count). The molecule has 0 aromatic heterocycles. The lowest BCUT2D eigenvalue weighted by Gasteiger charge is -2.17. The lowest BCUT2D eigenvalue weighted by atomic mass is 9.97. The second-order valence-corrected chi connectivity index (χ2v) is 3.74. The number of nitrogens with two attached hydrogens (primary N) is 1. The number of carboxylic acid groups (broad SMARTS) is 1. The maximum Gasteiger partial charge on any atom is 0.323 e. The van der Waals surface area contributed by atoms with Crippen molar-refractivity contribution in [1.82, 2.24) is 5.32 Å². The van der Waals surface area contributed by atoms with Gasteiger partial charge in [0.25, 0.3) is 0 Å². The molecule has 0 aromatic carbocycles. The number of allylic oxidation sites excluding steroid dienone is 1. The number of carbonyl (C=O) groups is 1. The van der Waals surface area contributed by atoms with E-state index in [0.717, 1.165) is 0 Å². The molecule has 0 fully saturated rings. The molecular weight excluding hydrogens is 213 g/mol. The van der Waals surface area contributed by atoms with Crippen LogP contribution in [0.4, 0.5) is 4.39 Å². The predicted octanol–water partition coefficient (Wildman–Crippen LogP) is 0.661. The van der Waals surface area contributed by atoms with Gasteiger partial charge in [-0.3, -0.25) is 4.79 Å². The van der Waals surface area contributed by atoms with Gasteiger partial charge in [-0.1, -0.05) is 0 Å². The van der Waals surface area contributed by atoms with Crippen molar-refractivity contribution in [3.63, 3.8) is 0 Å². The van der Waals surface area contributed by atoms with Crippen LogP contribution < -0.4 is 11.1 Å². The average molecular weight is 231 g/mol. The average Bonchev–Trinajstić information content (AvgIpc) is 2.21. The number of hydrogen-bond donors (Lipinski definition) is 4. The van der Waals surface area contributed by atoms with Crippen LogP contribution in [0.15, 0.2) is 11.9 Å². The summed E-state index contributed by atoms with van der Waals surface area (Å²) in [5.74, 6) is -1.53. The molecule has 0 radical (unpaired) electrons. The minimum absolute atomic E-state index is 0.00553. The van der Waals surface area contributed by atoms with Gasteiger partial charge in [0.2, 0.25) is 0 Å². The Bertz CT molecular complexity index is 277. The molecule has 0 aliphatic carbocycles. The van der Waals surface area contributed by atoms with E-state index in [1.807, 2.05) is 0 Å². The predicted molar refractivity (Wildman–Crippen MR) is 60.3 cm³/mol. The van der Waals surface area contributed by atoms with E-state index in [2.05, 4.69) is 5.32 Å². The lowest BCUT2D eigenvalue weighted by molar-refractivity contribution is -0.142. The summed E-state index contributed by atoms with van der Waals surface area (Å²) < 4.78 is 13.1. The number of carboxylic acids is 1. The van der Waals surface area contributed by atoms with Crippen molar-refractivity contribution in [3.05, 3.63) is 11.9 Å². The van der Waals surface area contributed by atoms with Crippen LogP contribution in [0.5, 0.6) is 0 Å². The van der Waals surface area contributed by atoms with E-state index < -0.39 is 17.3 Å². The maximum absolute atomic E-state index is 13.1. The van der Waals surface area contributed by atoms with Gasteiger partial charge in [-0.05, 0) is 19.4 Å². The normalized spacial score (nSPS) is 15.6. The number of aliphatic carboxylic acids is 1. The van der Waals surface area contributed by atoms with E-state index >= 15 is 0 Å². The zero-order valence-electron chi connectivity index (χ0n) is 9.29. The molecule has 1 atom stereocenters. The molecule has 0 spiro atoms. The first-order valence-corrected chi connectivity index (χ1v) is 4.96. The van der Waals surface area contributed by atoms with Crippen LogP contribution in [-0.4, -0.2) is 35.9 Å². The maximum atomic E-state index is 13.1. The van der Waals surface area contributed by atoms with Gasteiger partial charge in [-0.25, -0.2) is 4.39 Å². The van der Waals surface area contributed by atoms with Crippen LogP contribution in [0.25, 0.3) is 0 Å². The van der Waals surface area contributed by atoms with Gasteiger partial charge in [0.1, 0.15) is 5.54 Å². The summed E-state index contributed by atoms with van der Waals surface area (Å²) in [4.78, 5) is 10.6. The molecule has 0 bridgehead atoms. The Kier molecular flexibility index (Phi) is 6.52. The summed E-state index contributed by atoms with van der Waals surface area (Å²) in [5.41, 5.74) is 4.05.